The average Bonchev–Trinajstić information content (AvgIpc) is 2.49. The molecular formula is C17H21NO3. The largest absolute Gasteiger partial charge is 0.508 e. The lowest BCUT2D eigenvalue weighted by atomic mass is 10.1. The molecule has 2 aromatic rings. The average molecular weight is 287 g/mol. The number of phenols is 1. The number of benzene rings is 2. The molecule has 0 fully saturated rings. The Labute approximate surface area is 125 Å². The number of aryl methyl sites for hydroxylation is 1. The minimum atomic E-state index is -0.0864. The van der Waals surface area contributed by atoms with Crippen LogP contribution in [-0.4, -0.2) is 19.3 Å². The topological polar surface area (TPSA) is 50.7 Å². The van der Waals surface area contributed by atoms with Gasteiger partial charge in [-0.15, -0.1) is 0 Å². The van der Waals surface area contributed by atoms with Crippen molar-refractivity contribution in [2.75, 3.05) is 19.5 Å². The fraction of sp³-hybridized carbons (Fsp3) is 0.294. The molecule has 0 spiro atoms. The number of phenolic OH excluding ortho intramolecular Hbond substituents is 1. The first-order chi connectivity index (χ1) is 10.0. The summed E-state index contributed by atoms with van der Waals surface area (Å²) in [6, 6.07) is 11.1. The van der Waals surface area contributed by atoms with Crippen LogP contribution in [0.25, 0.3) is 0 Å². The van der Waals surface area contributed by atoms with E-state index in [1.165, 1.54) is 0 Å². The van der Waals surface area contributed by atoms with Crippen molar-refractivity contribution in [3.63, 3.8) is 0 Å². The molecule has 2 rings (SSSR count). The Kier molecular flexibility index (Phi) is 4.58. The van der Waals surface area contributed by atoms with Gasteiger partial charge in [-0.25, -0.2) is 0 Å². The number of hydrogen-bond donors (Lipinski definition) is 2. The van der Waals surface area contributed by atoms with Crippen LogP contribution in [0, 0.1) is 6.92 Å². The number of aromatic hydroxyl groups is 1. The zero-order valence-electron chi connectivity index (χ0n) is 12.8. The zero-order valence-corrected chi connectivity index (χ0v) is 12.8. The SMILES string of the molecule is COc1ccc(O)c(C(C)Nc2ccc(C)cc2OC)c1. The van der Waals surface area contributed by atoms with Gasteiger partial charge in [-0.3, -0.25) is 0 Å². The van der Waals surface area contributed by atoms with Crippen LogP contribution in [-0.2, 0) is 0 Å². The van der Waals surface area contributed by atoms with Gasteiger partial charge in [-0.05, 0) is 49.7 Å². The summed E-state index contributed by atoms with van der Waals surface area (Å²) in [5.41, 5.74) is 2.80. The summed E-state index contributed by atoms with van der Waals surface area (Å²) < 4.78 is 10.6. The Balaban J connectivity index is 2.27. The Morgan fingerprint density at radius 3 is 2.48 bits per heavy atom. The van der Waals surface area contributed by atoms with E-state index in [0.29, 0.717) is 5.75 Å². The Bertz CT molecular complexity index is 625. The van der Waals surface area contributed by atoms with Crippen molar-refractivity contribution in [2.24, 2.45) is 0 Å². The molecule has 4 nitrogen and oxygen atoms in total. The second-order valence-electron chi connectivity index (χ2n) is 4.99. The van der Waals surface area contributed by atoms with Crippen LogP contribution in [0.2, 0.25) is 0 Å². The van der Waals surface area contributed by atoms with E-state index in [9.17, 15) is 5.11 Å². The molecule has 21 heavy (non-hydrogen) atoms. The first kappa shape index (κ1) is 15.0. The van der Waals surface area contributed by atoms with E-state index in [1.807, 2.05) is 38.1 Å². The fourth-order valence-electron chi connectivity index (χ4n) is 2.24. The predicted octanol–water partition coefficient (Wildman–Crippen LogP) is 3.89. The summed E-state index contributed by atoms with van der Waals surface area (Å²) in [6.07, 6.45) is 0. The monoisotopic (exact) mass is 287 g/mol. The van der Waals surface area contributed by atoms with Crippen molar-refractivity contribution < 1.29 is 14.6 Å². The molecule has 2 aromatic carbocycles. The molecule has 0 aliphatic carbocycles. The quantitative estimate of drug-likeness (QED) is 0.876. The smallest absolute Gasteiger partial charge is 0.142 e. The van der Waals surface area contributed by atoms with Gasteiger partial charge >= 0.3 is 0 Å². The van der Waals surface area contributed by atoms with Crippen LogP contribution in [0.3, 0.4) is 0 Å². The van der Waals surface area contributed by atoms with Crippen LogP contribution in [0.4, 0.5) is 5.69 Å². The van der Waals surface area contributed by atoms with E-state index in [2.05, 4.69) is 5.32 Å². The highest BCUT2D eigenvalue weighted by Crippen LogP contribution is 2.33. The van der Waals surface area contributed by atoms with Gasteiger partial charge < -0.3 is 19.9 Å². The maximum atomic E-state index is 10.0. The Morgan fingerprint density at radius 2 is 1.81 bits per heavy atom. The summed E-state index contributed by atoms with van der Waals surface area (Å²) in [6.45, 7) is 4.00. The third-order valence-corrected chi connectivity index (χ3v) is 3.43. The lowest BCUT2D eigenvalue weighted by Gasteiger charge is -2.19. The molecule has 0 radical (unpaired) electrons. The number of methoxy groups -OCH3 is 2. The van der Waals surface area contributed by atoms with E-state index < -0.39 is 0 Å². The normalized spacial score (nSPS) is 11.8. The van der Waals surface area contributed by atoms with E-state index in [-0.39, 0.29) is 11.8 Å². The highest BCUT2D eigenvalue weighted by molar-refractivity contribution is 5.59. The van der Waals surface area contributed by atoms with Crippen LogP contribution in [0.1, 0.15) is 24.1 Å². The second-order valence-corrected chi connectivity index (χ2v) is 4.99. The maximum Gasteiger partial charge on any atom is 0.142 e. The van der Waals surface area contributed by atoms with E-state index in [0.717, 1.165) is 22.6 Å². The van der Waals surface area contributed by atoms with Gasteiger partial charge in [0.05, 0.1) is 25.9 Å². The Morgan fingerprint density at radius 1 is 1.05 bits per heavy atom. The third kappa shape index (κ3) is 3.40. The Hall–Kier alpha value is -2.36. The summed E-state index contributed by atoms with van der Waals surface area (Å²) >= 11 is 0. The van der Waals surface area contributed by atoms with Gasteiger partial charge in [-0.2, -0.15) is 0 Å². The van der Waals surface area contributed by atoms with Gasteiger partial charge in [0.1, 0.15) is 17.2 Å². The highest BCUT2D eigenvalue weighted by Gasteiger charge is 2.13. The molecule has 1 unspecified atom stereocenters. The standard InChI is InChI=1S/C17H21NO3/c1-11-5-7-15(17(9-11)21-4)18-12(2)14-10-13(20-3)6-8-16(14)19/h5-10,12,18-19H,1-4H3. The first-order valence-corrected chi connectivity index (χ1v) is 6.83. The first-order valence-electron chi connectivity index (χ1n) is 6.83. The zero-order chi connectivity index (χ0) is 15.4. The van der Waals surface area contributed by atoms with Crippen molar-refractivity contribution >= 4 is 5.69 Å². The van der Waals surface area contributed by atoms with Crippen molar-refractivity contribution in [1.29, 1.82) is 0 Å². The lowest BCUT2D eigenvalue weighted by molar-refractivity contribution is 0.409. The number of hydrogen-bond acceptors (Lipinski definition) is 4. The highest BCUT2D eigenvalue weighted by atomic mass is 16.5. The maximum absolute atomic E-state index is 10.0. The van der Waals surface area contributed by atoms with Crippen LogP contribution in [0.5, 0.6) is 17.2 Å². The van der Waals surface area contributed by atoms with E-state index in [4.69, 9.17) is 9.47 Å². The van der Waals surface area contributed by atoms with Gasteiger partial charge in [0.25, 0.3) is 0 Å². The minimum Gasteiger partial charge on any atom is -0.508 e. The van der Waals surface area contributed by atoms with Gasteiger partial charge in [0.2, 0.25) is 0 Å². The number of nitrogens with one attached hydrogen (secondary N) is 1. The molecule has 2 N–H and O–H groups in total. The van der Waals surface area contributed by atoms with Crippen LogP contribution in [0.15, 0.2) is 36.4 Å². The van der Waals surface area contributed by atoms with Crippen LogP contribution >= 0.6 is 0 Å². The molecule has 0 aromatic heterocycles. The number of ether oxygens (including phenoxy) is 2. The van der Waals surface area contributed by atoms with E-state index >= 15 is 0 Å². The fourth-order valence-corrected chi connectivity index (χ4v) is 2.24. The van der Waals surface area contributed by atoms with Gasteiger partial charge in [0, 0.05) is 5.56 Å². The van der Waals surface area contributed by atoms with Crippen molar-refractivity contribution in [3.05, 3.63) is 47.5 Å². The molecule has 0 saturated carbocycles. The molecule has 0 bridgehead atoms. The van der Waals surface area contributed by atoms with Crippen molar-refractivity contribution in [3.8, 4) is 17.2 Å². The minimum absolute atomic E-state index is 0.0864. The molecule has 0 amide bonds. The molecular weight excluding hydrogens is 266 g/mol. The third-order valence-electron chi connectivity index (χ3n) is 3.43. The number of anilines is 1. The summed E-state index contributed by atoms with van der Waals surface area (Å²) in [5.74, 6) is 1.73. The van der Waals surface area contributed by atoms with Gasteiger partial charge in [-0.1, -0.05) is 6.07 Å². The molecule has 1 atom stereocenters. The lowest BCUT2D eigenvalue weighted by Crippen LogP contribution is -2.08. The molecule has 0 aliphatic rings. The summed E-state index contributed by atoms with van der Waals surface area (Å²) in [7, 11) is 3.25. The molecule has 0 heterocycles. The summed E-state index contributed by atoms with van der Waals surface area (Å²) in [5, 5.41) is 13.4. The number of rotatable bonds is 5. The molecule has 0 aliphatic heterocycles. The molecule has 0 saturated heterocycles. The van der Waals surface area contributed by atoms with Crippen LogP contribution < -0.4 is 14.8 Å². The van der Waals surface area contributed by atoms with Crippen molar-refractivity contribution in [2.45, 2.75) is 19.9 Å². The van der Waals surface area contributed by atoms with E-state index in [1.54, 1.807) is 26.4 Å². The predicted molar refractivity (Wildman–Crippen MR) is 84.4 cm³/mol. The second kappa shape index (κ2) is 6.39. The molecule has 112 valence electrons. The summed E-state index contributed by atoms with van der Waals surface area (Å²) in [4.78, 5) is 0. The van der Waals surface area contributed by atoms with Crippen molar-refractivity contribution in [1.82, 2.24) is 0 Å². The van der Waals surface area contributed by atoms with Gasteiger partial charge in [0.15, 0.2) is 0 Å². The molecule has 4 heteroatoms.